The largest absolute Gasteiger partial charge is 0.469 e. The maximum Gasteiger partial charge on any atom is 0.469 e. The van der Waals surface area contributed by atoms with Crippen LogP contribution in [-0.4, -0.2) is 79.9 Å². The zero-order valence-electron chi connectivity index (χ0n) is 11.0. The predicted molar refractivity (Wildman–Crippen MR) is 68.2 cm³/mol. The quantitative estimate of drug-likeness (QED) is 0.240. The molecule has 1 saturated heterocycles. The molecule has 1 amide bonds. The zero-order valence-corrected chi connectivity index (χ0v) is 11.9. The van der Waals surface area contributed by atoms with Gasteiger partial charge in [0.05, 0.1) is 6.61 Å². The van der Waals surface area contributed by atoms with E-state index in [1.54, 1.807) is 0 Å². The van der Waals surface area contributed by atoms with E-state index in [-0.39, 0.29) is 5.71 Å². The van der Waals surface area contributed by atoms with Gasteiger partial charge in [0.2, 0.25) is 5.91 Å². The number of rotatable bonds is 5. The maximum atomic E-state index is 11.1. The van der Waals surface area contributed by atoms with Crippen LogP contribution in [0.3, 0.4) is 0 Å². The molecular weight excluding hydrogens is 325 g/mol. The first kappa shape index (κ1) is 17.2. The molecule has 0 saturated carbocycles. The molecule has 126 valence electrons. The number of phosphoric acid groups is 1. The fraction of sp³-hybridized carbons (Fsp3) is 0.778. The molecule has 12 nitrogen and oxygen atoms in total. The molecule has 0 bridgehead atoms. The van der Waals surface area contributed by atoms with Crippen molar-refractivity contribution in [3.8, 4) is 0 Å². The Morgan fingerprint density at radius 3 is 2.50 bits per heavy atom. The Morgan fingerprint density at radius 2 is 2.00 bits per heavy atom. The van der Waals surface area contributed by atoms with Crippen LogP contribution in [0.2, 0.25) is 0 Å². The van der Waals surface area contributed by atoms with Gasteiger partial charge in [-0.2, -0.15) is 5.10 Å². The summed E-state index contributed by atoms with van der Waals surface area (Å²) in [5.74, 6) is -0.874. The van der Waals surface area contributed by atoms with E-state index < -0.39 is 56.9 Å². The standard InChI is InChI=1S/C9H16N3O9P/c10-9(16)4-6(14)3(11-12-4)8-7(15)5(13)2(21-8)1-20-22(17,18)19/h2,4-8,12-15H,1H2,(H2,10,16)(H2,17,18,19)/t2-,4?,5-,6?,7-,8+/m1/s1. The summed E-state index contributed by atoms with van der Waals surface area (Å²) in [7, 11) is -4.77. The highest BCUT2D eigenvalue weighted by Crippen LogP contribution is 2.37. The van der Waals surface area contributed by atoms with Crippen molar-refractivity contribution in [2.24, 2.45) is 10.8 Å². The van der Waals surface area contributed by atoms with Crippen molar-refractivity contribution in [3.05, 3.63) is 0 Å². The second kappa shape index (κ2) is 6.18. The molecule has 0 spiro atoms. The van der Waals surface area contributed by atoms with Crippen LogP contribution in [-0.2, 0) is 18.6 Å². The van der Waals surface area contributed by atoms with Gasteiger partial charge >= 0.3 is 7.82 Å². The highest BCUT2D eigenvalue weighted by molar-refractivity contribution is 7.46. The van der Waals surface area contributed by atoms with Crippen molar-refractivity contribution in [1.29, 1.82) is 0 Å². The Hall–Kier alpha value is -1.11. The molecule has 13 heteroatoms. The summed E-state index contributed by atoms with van der Waals surface area (Å²) >= 11 is 0. The molecular formula is C9H16N3O9P. The van der Waals surface area contributed by atoms with Crippen LogP contribution >= 0.6 is 7.82 Å². The molecule has 0 aromatic heterocycles. The van der Waals surface area contributed by atoms with E-state index in [1.165, 1.54) is 0 Å². The smallest absolute Gasteiger partial charge is 0.387 e. The van der Waals surface area contributed by atoms with Crippen molar-refractivity contribution in [2.75, 3.05) is 6.61 Å². The van der Waals surface area contributed by atoms with E-state index in [1.807, 2.05) is 0 Å². The molecule has 2 aliphatic rings. The summed E-state index contributed by atoms with van der Waals surface area (Å²) in [6.07, 6.45) is -7.07. The number of nitrogens with zero attached hydrogens (tertiary/aromatic N) is 1. The number of phosphoric ester groups is 1. The van der Waals surface area contributed by atoms with E-state index in [4.69, 9.17) is 20.3 Å². The van der Waals surface area contributed by atoms with E-state index in [0.29, 0.717) is 0 Å². The molecule has 1 fully saturated rings. The van der Waals surface area contributed by atoms with Gasteiger partial charge in [-0.15, -0.1) is 0 Å². The second-order valence-corrected chi connectivity index (χ2v) is 6.09. The first-order valence-corrected chi connectivity index (χ1v) is 7.67. The van der Waals surface area contributed by atoms with Crippen LogP contribution in [0.5, 0.6) is 0 Å². The molecule has 2 aliphatic heterocycles. The molecule has 0 aromatic carbocycles. The second-order valence-electron chi connectivity index (χ2n) is 4.85. The van der Waals surface area contributed by atoms with Gasteiger partial charge in [-0.25, -0.2) is 4.57 Å². The molecule has 8 N–H and O–H groups in total. The third-order valence-corrected chi connectivity index (χ3v) is 3.80. The predicted octanol–water partition coefficient (Wildman–Crippen LogP) is -4.24. The lowest BCUT2D eigenvalue weighted by molar-refractivity contribution is -0.121. The lowest BCUT2D eigenvalue weighted by Crippen LogP contribution is -2.48. The molecule has 2 heterocycles. The Balaban J connectivity index is 2.04. The summed E-state index contributed by atoms with van der Waals surface area (Å²) in [6, 6.07) is -1.20. The average molecular weight is 341 g/mol. The van der Waals surface area contributed by atoms with Gasteiger partial charge in [0, 0.05) is 0 Å². The minimum atomic E-state index is -4.77. The first-order chi connectivity index (χ1) is 10.1. The van der Waals surface area contributed by atoms with E-state index in [2.05, 4.69) is 15.1 Å². The number of hydrogen-bond donors (Lipinski definition) is 7. The van der Waals surface area contributed by atoms with E-state index in [0.717, 1.165) is 0 Å². The van der Waals surface area contributed by atoms with Gasteiger partial charge in [-0.3, -0.25) is 14.7 Å². The third kappa shape index (κ3) is 3.45. The van der Waals surface area contributed by atoms with Crippen LogP contribution in [0.15, 0.2) is 5.10 Å². The summed E-state index contributed by atoms with van der Waals surface area (Å²) < 4.78 is 20.1. The van der Waals surface area contributed by atoms with Crippen LogP contribution in [0.4, 0.5) is 0 Å². The number of nitrogens with two attached hydrogens (primary N) is 1. The number of hydrogen-bond acceptors (Lipinski definition) is 9. The van der Waals surface area contributed by atoms with Crippen LogP contribution in [0, 0.1) is 0 Å². The highest BCUT2D eigenvalue weighted by atomic mass is 31.2. The molecule has 0 aromatic rings. The number of aliphatic hydroxyl groups excluding tert-OH is 3. The van der Waals surface area contributed by atoms with Gasteiger partial charge in [-0.05, 0) is 0 Å². The molecule has 22 heavy (non-hydrogen) atoms. The number of ether oxygens (including phenoxy) is 1. The minimum Gasteiger partial charge on any atom is -0.387 e. The van der Waals surface area contributed by atoms with Gasteiger partial charge in [0.1, 0.15) is 36.2 Å². The van der Waals surface area contributed by atoms with Crippen molar-refractivity contribution < 1.29 is 43.7 Å². The Labute approximate surface area is 123 Å². The lowest BCUT2D eigenvalue weighted by Gasteiger charge is -2.18. The normalized spacial score (nSPS) is 38.7. The van der Waals surface area contributed by atoms with Gasteiger partial charge in [-0.1, -0.05) is 0 Å². The number of aliphatic hydroxyl groups is 3. The van der Waals surface area contributed by atoms with Crippen molar-refractivity contribution >= 4 is 19.4 Å². The monoisotopic (exact) mass is 341 g/mol. The molecule has 2 unspecified atom stereocenters. The van der Waals surface area contributed by atoms with Crippen LogP contribution in [0.25, 0.3) is 0 Å². The number of carbonyl (C=O) groups excluding carboxylic acids is 1. The fourth-order valence-corrected chi connectivity index (χ4v) is 2.55. The zero-order chi connectivity index (χ0) is 16.7. The third-order valence-electron chi connectivity index (χ3n) is 3.32. The molecule has 6 atom stereocenters. The molecule has 0 aliphatic carbocycles. The van der Waals surface area contributed by atoms with Gasteiger partial charge < -0.3 is 35.6 Å². The summed E-state index contributed by atoms with van der Waals surface area (Å²) in [4.78, 5) is 28.3. The number of primary amides is 1. The van der Waals surface area contributed by atoms with Crippen LogP contribution < -0.4 is 11.2 Å². The van der Waals surface area contributed by atoms with Gasteiger partial charge in [0.15, 0.2) is 6.04 Å². The Morgan fingerprint density at radius 1 is 1.36 bits per heavy atom. The van der Waals surface area contributed by atoms with E-state index in [9.17, 15) is 24.7 Å². The van der Waals surface area contributed by atoms with Crippen molar-refractivity contribution in [2.45, 2.75) is 36.6 Å². The number of nitrogens with one attached hydrogen (secondary N) is 1. The summed E-state index contributed by atoms with van der Waals surface area (Å²) in [5.41, 5.74) is 7.16. The summed E-state index contributed by atoms with van der Waals surface area (Å²) in [6.45, 7) is -0.685. The molecule has 0 radical (unpaired) electrons. The summed E-state index contributed by atoms with van der Waals surface area (Å²) in [5, 5.41) is 33.3. The Bertz CT molecular complexity index is 522. The number of hydrazone groups is 1. The lowest BCUT2D eigenvalue weighted by atomic mass is 9.98. The van der Waals surface area contributed by atoms with Crippen molar-refractivity contribution in [1.82, 2.24) is 5.43 Å². The number of amides is 1. The first-order valence-electron chi connectivity index (χ1n) is 6.14. The highest BCUT2D eigenvalue weighted by Gasteiger charge is 2.50. The van der Waals surface area contributed by atoms with Crippen molar-refractivity contribution in [3.63, 3.8) is 0 Å². The SMILES string of the molecule is NC(=O)C1NN=C([C@@H]2O[C@H](COP(=O)(O)O)[C@@H](O)[C@H]2O)C1O. The number of carbonyl (C=O) groups is 1. The topological polar surface area (TPSA) is 204 Å². The molecule has 2 rings (SSSR count). The van der Waals surface area contributed by atoms with Gasteiger partial charge in [0.25, 0.3) is 0 Å². The average Bonchev–Trinajstić information content (AvgIpc) is 2.90. The van der Waals surface area contributed by atoms with E-state index >= 15 is 0 Å². The van der Waals surface area contributed by atoms with Crippen LogP contribution in [0.1, 0.15) is 0 Å². The maximum absolute atomic E-state index is 11.1. The Kier molecular flexibility index (Phi) is 4.84. The minimum absolute atomic E-state index is 0.158. The fourth-order valence-electron chi connectivity index (χ4n) is 2.20.